The number of alkyl halides is 6. The van der Waals surface area contributed by atoms with Crippen molar-refractivity contribution in [2.24, 2.45) is 5.73 Å². The Morgan fingerprint density at radius 1 is 1.10 bits per heavy atom. The zero-order valence-electron chi connectivity index (χ0n) is 15.2. The number of nitrogens with one attached hydrogen (secondary N) is 2. The zero-order valence-corrected chi connectivity index (χ0v) is 15.2. The van der Waals surface area contributed by atoms with Crippen LogP contribution in [0.2, 0.25) is 0 Å². The van der Waals surface area contributed by atoms with Gasteiger partial charge in [-0.3, -0.25) is 9.59 Å². The van der Waals surface area contributed by atoms with E-state index < -0.39 is 53.4 Å². The molecule has 6 nitrogen and oxygen atoms in total. The van der Waals surface area contributed by atoms with Crippen molar-refractivity contribution in [2.45, 2.75) is 36.8 Å². The SMILES string of the molecule is COCC(N)C(=O)NCC(=O)NC1(c2cc(C(F)(F)F)cc(C(F)(F)F)c2)CC1. The molecule has 0 saturated heterocycles. The number of carbonyl (C=O) groups is 2. The molecule has 1 aromatic carbocycles. The second-order valence-corrected chi connectivity index (χ2v) is 6.70. The third-order valence-electron chi connectivity index (χ3n) is 4.38. The van der Waals surface area contributed by atoms with E-state index >= 15 is 0 Å². The van der Waals surface area contributed by atoms with Crippen LogP contribution >= 0.6 is 0 Å². The first-order valence-corrected chi connectivity index (χ1v) is 8.42. The van der Waals surface area contributed by atoms with E-state index in [2.05, 4.69) is 15.4 Å². The molecular weight excluding hydrogens is 408 g/mol. The average molecular weight is 427 g/mol. The molecule has 1 saturated carbocycles. The van der Waals surface area contributed by atoms with Gasteiger partial charge in [0.25, 0.3) is 0 Å². The molecule has 29 heavy (non-hydrogen) atoms. The van der Waals surface area contributed by atoms with Crippen molar-refractivity contribution in [3.05, 3.63) is 34.9 Å². The lowest BCUT2D eigenvalue weighted by Crippen LogP contribution is -2.48. The van der Waals surface area contributed by atoms with Crippen LogP contribution in [0.3, 0.4) is 0 Å². The number of benzene rings is 1. The van der Waals surface area contributed by atoms with Gasteiger partial charge in [0.05, 0.1) is 29.8 Å². The number of carbonyl (C=O) groups excluding carboxylic acids is 2. The summed E-state index contributed by atoms with van der Waals surface area (Å²) in [5, 5.41) is 4.63. The fraction of sp³-hybridized carbons (Fsp3) is 0.529. The van der Waals surface area contributed by atoms with Gasteiger partial charge in [0.1, 0.15) is 6.04 Å². The highest BCUT2D eigenvalue weighted by Crippen LogP contribution is 2.48. The van der Waals surface area contributed by atoms with E-state index in [9.17, 15) is 35.9 Å². The van der Waals surface area contributed by atoms with Gasteiger partial charge in [-0.2, -0.15) is 26.3 Å². The number of hydrogen-bond acceptors (Lipinski definition) is 4. The Labute approximate surface area is 161 Å². The maximum atomic E-state index is 13.0. The van der Waals surface area contributed by atoms with Crippen LogP contribution in [-0.2, 0) is 32.2 Å². The number of hydrogen-bond donors (Lipinski definition) is 3. The van der Waals surface area contributed by atoms with E-state index in [1.165, 1.54) is 7.11 Å². The van der Waals surface area contributed by atoms with E-state index in [0.717, 1.165) is 0 Å². The predicted molar refractivity (Wildman–Crippen MR) is 88.4 cm³/mol. The molecule has 0 radical (unpaired) electrons. The standard InChI is InChI=1S/C17H19F6N3O3/c1-29-8-12(24)14(28)25-7-13(27)26-15(2-3-15)9-4-10(16(18,19)20)6-11(5-9)17(21,22)23/h4-6,12H,2-3,7-8,24H2,1H3,(H,25,28)(H,26,27). The van der Waals surface area contributed by atoms with Gasteiger partial charge in [0, 0.05) is 7.11 Å². The molecule has 1 fully saturated rings. The second-order valence-electron chi connectivity index (χ2n) is 6.70. The van der Waals surface area contributed by atoms with Gasteiger partial charge in [-0.1, -0.05) is 0 Å². The monoisotopic (exact) mass is 427 g/mol. The first-order chi connectivity index (χ1) is 13.3. The van der Waals surface area contributed by atoms with Crippen molar-refractivity contribution >= 4 is 11.8 Å². The largest absolute Gasteiger partial charge is 0.416 e. The highest BCUT2D eigenvalue weighted by molar-refractivity contribution is 5.87. The summed E-state index contributed by atoms with van der Waals surface area (Å²) in [6.45, 7) is -0.634. The number of methoxy groups -OCH3 is 1. The van der Waals surface area contributed by atoms with Gasteiger partial charge < -0.3 is 21.1 Å². The molecule has 0 aromatic heterocycles. The lowest BCUT2D eigenvalue weighted by atomic mass is 9.97. The van der Waals surface area contributed by atoms with Crippen molar-refractivity contribution in [3.8, 4) is 0 Å². The van der Waals surface area contributed by atoms with Crippen LogP contribution < -0.4 is 16.4 Å². The number of amides is 2. The normalized spacial score (nSPS) is 16.8. The summed E-state index contributed by atoms with van der Waals surface area (Å²) in [5.41, 5.74) is 0.919. The van der Waals surface area contributed by atoms with Crippen LogP contribution in [0.15, 0.2) is 18.2 Å². The first-order valence-electron chi connectivity index (χ1n) is 8.42. The molecule has 0 aliphatic heterocycles. The Hall–Kier alpha value is -2.34. The minimum absolute atomic E-state index is 0.0266. The summed E-state index contributed by atoms with van der Waals surface area (Å²) in [7, 11) is 1.32. The van der Waals surface area contributed by atoms with Crippen LogP contribution in [0, 0.1) is 0 Å². The van der Waals surface area contributed by atoms with E-state index in [1.807, 2.05) is 0 Å². The van der Waals surface area contributed by atoms with Gasteiger partial charge in [0.2, 0.25) is 11.8 Å². The van der Waals surface area contributed by atoms with Crippen LogP contribution in [0.25, 0.3) is 0 Å². The third kappa shape index (κ3) is 5.82. The minimum Gasteiger partial charge on any atom is -0.383 e. The Balaban J connectivity index is 2.17. The molecule has 1 aromatic rings. The Bertz CT molecular complexity index is 742. The molecule has 0 heterocycles. The van der Waals surface area contributed by atoms with Crippen molar-refractivity contribution in [1.29, 1.82) is 0 Å². The number of nitrogens with two attached hydrogens (primary N) is 1. The van der Waals surface area contributed by atoms with Crippen molar-refractivity contribution in [1.82, 2.24) is 10.6 Å². The summed E-state index contributed by atoms with van der Waals surface area (Å²) in [6.07, 6.45) is -9.65. The van der Waals surface area contributed by atoms with Crippen molar-refractivity contribution < 1.29 is 40.7 Å². The van der Waals surface area contributed by atoms with Crippen LogP contribution in [0.4, 0.5) is 26.3 Å². The molecule has 1 unspecified atom stereocenters. The number of rotatable bonds is 7. The summed E-state index contributed by atoms with van der Waals surface area (Å²) in [4.78, 5) is 23.7. The Morgan fingerprint density at radius 2 is 1.62 bits per heavy atom. The fourth-order valence-electron chi connectivity index (χ4n) is 2.71. The summed E-state index contributed by atoms with van der Waals surface area (Å²) in [6, 6.07) is 0.185. The van der Waals surface area contributed by atoms with E-state index in [-0.39, 0.29) is 31.1 Å². The van der Waals surface area contributed by atoms with Gasteiger partial charge in [-0.25, -0.2) is 0 Å². The maximum Gasteiger partial charge on any atom is 0.416 e. The molecule has 1 atom stereocenters. The highest BCUT2D eigenvalue weighted by Gasteiger charge is 2.48. The molecule has 12 heteroatoms. The molecule has 2 rings (SSSR count). The van der Waals surface area contributed by atoms with Crippen molar-refractivity contribution in [3.63, 3.8) is 0 Å². The quantitative estimate of drug-likeness (QED) is 0.580. The molecule has 2 amide bonds. The fourth-order valence-corrected chi connectivity index (χ4v) is 2.71. The topological polar surface area (TPSA) is 93.4 Å². The highest BCUT2D eigenvalue weighted by atomic mass is 19.4. The van der Waals surface area contributed by atoms with Gasteiger partial charge in [-0.05, 0) is 36.6 Å². The Morgan fingerprint density at radius 3 is 2.03 bits per heavy atom. The van der Waals surface area contributed by atoms with Crippen LogP contribution in [0.5, 0.6) is 0 Å². The smallest absolute Gasteiger partial charge is 0.383 e. The molecule has 0 spiro atoms. The lowest BCUT2D eigenvalue weighted by Gasteiger charge is -2.22. The molecule has 0 bridgehead atoms. The lowest BCUT2D eigenvalue weighted by molar-refractivity contribution is -0.143. The molecule has 4 N–H and O–H groups in total. The maximum absolute atomic E-state index is 13.0. The zero-order chi connectivity index (χ0) is 22.0. The predicted octanol–water partition coefficient (Wildman–Crippen LogP) is 1.92. The molecule has 1 aliphatic carbocycles. The van der Waals surface area contributed by atoms with Gasteiger partial charge in [0.15, 0.2) is 0 Å². The van der Waals surface area contributed by atoms with E-state index in [0.29, 0.717) is 12.1 Å². The number of ether oxygens (including phenoxy) is 1. The summed E-state index contributed by atoms with van der Waals surface area (Å²) < 4.78 is 82.9. The molecule has 1 aliphatic rings. The van der Waals surface area contributed by atoms with E-state index in [1.54, 1.807) is 0 Å². The number of halogens is 6. The second kappa shape index (κ2) is 8.19. The van der Waals surface area contributed by atoms with Gasteiger partial charge >= 0.3 is 12.4 Å². The van der Waals surface area contributed by atoms with Crippen LogP contribution in [-0.4, -0.2) is 38.1 Å². The summed E-state index contributed by atoms with van der Waals surface area (Å²) in [5.74, 6) is -1.46. The van der Waals surface area contributed by atoms with Crippen molar-refractivity contribution in [2.75, 3.05) is 20.3 Å². The first kappa shape index (κ1) is 22.9. The molecular formula is C17H19F6N3O3. The average Bonchev–Trinajstić information content (AvgIpc) is 3.38. The van der Waals surface area contributed by atoms with E-state index in [4.69, 9.17) is 5.73 Å². The minimum atomic E-state index is -4.98. The summed E-state index contributed by atoms with van der Waals surface area (Å²) >= 11 is 0. The van der Waals surface area contributed by atoms with Crippen LogP contribution in [0.1, 0.15) is 29.5 Å². The Kier molecular flexibility index (Phi) is 6.48. The molecule has 162 valence electrons. The third-order valence-corrected chi connectivity index (χ3v) is 4.38. The van der Waals surface area contributed by atoms with Gasteiger partial charge in [-0.15, -0.1) is 0 Å².